The lowest BCUT2D eigenvalue weighted by Crippen LogP contribution is -2.38. The summed E-state index contributed by atoms with van der Waals surface area (Å²) in [5.41, 5.74) is 1.03. The number of allylic oxidation sites excluding steroid dienone is 1. The quantitative estimate of drug-likeness (QED) is 0.598. The predicted molar refractivity (Wildman–Crippen MR) is 69.8 cm³/mol. The molecular formula is C14H26O4. The first-order valence-corrected chi connectivity index (χ1v) is 6.50. The van der Waals surface area contributed by atoms with Gasteiger partial charge in [-0.2, -0.15) is 0 Å². The molecule has 0 bridgehead atoms. The number of aliphatic hydroxyl groups excluding tert-OH is 2. The number of aliphatic hydroxyl groups is 2. The van der Waals surface area contributed by atoms with Crippen molar-refractivity contribution < 1.29 is 19.7 Å². The third-order valence-corrected chi connectivity index (χ3v) is 3.14. The maximum atomic E-state index is 10.2. The molecule has 0 saturated carbocycles. The van der Waals surface area contributed by atoms with E-state index in [0.29, 0.717) is 13.0 Å². The average molecular weight is 258 g/mol. The molecule has 4 nitrogen and oxygen atoms in total. The second-order valence-corrected chi connectivity index (χ2v) is 6.25. The first-order chi connectivity index (χ1) is 8.21. The first kappa shape index (κ1) is 15.6. The maximum Gasteiger partial charge on any atom is 0.181 e. The van der Waals surface area contributed by atoms with Gasteiger partial charge in [-0.3, -0.25) is 0 Å². The Bertz CT molecular complexity index is 289. The number of hydrogen-bond acceptors (Lipinski definition) is 4. The fourth-order valence-corrected chi connectivity index (χ4v) is 2.07. The van der Waals surface area contributed by atoms with Gasteiger partial charge in [-0.15, -0.1) is 0 Å². The van der Waals surface area contributed by atoms with Gasteiger partial charge in [0.1, 0.15) is 6.10 Å². The Morgan fingerprint density at radius 3 is 2.39 bits per heavy atom. The van der Waals surface area contributed by atoms with Crippen LogP contribution in [0.5, 0.6) is 0 Å². The van der Waals surface area contributed by atoms with E-state index in [1.54, 1.807) is 0 Å². The van der Waals surface area contributed by atoms with E-state index in [-0.39, 0.29) is 11.3 Å². The van der Waals surface area contributed by atoms with Crippen molar-refractivity contribution in [3.63, 3.8) is 0 Å². The Labute approximate surface area is 110 Å². The fraction of sp³-hybridized carbons (Fsp3) is 0.857. The molecule has 1 heterocycles. The molecule has 1 aliphatic heterocycles. The summed E-state index contributed by atoms with van der Waals surface area (Å²) in [4.78, 5) is 0. The van der Waals surface area contributed by atoms with Crippen molar-refractivity contribution in [3.8, 4) is 0 Å². The highest BCUT2D eigenvalue weighted by molar-refractivity contribution is 5.02. The van der Waals surface area contributed by atoms with Crippen LogP contribution in [0.1, 0.15) is 41.0 Å². The van der Waals surface area contributed by atoms with Gasteiger partial charge in [-0.1, -0.05) is 32.4 Å². The second-order valence-electron chi connectivity index (χ2n) is 6.25. The van der Waals surface area contributed by atoms with Crippen molar-refractivity contribution in [2.75, 3.05) is 6.61 Å². The molecule has 0 aromatic rings. The summed E-state index contributed by atoms with van der Waals surface area (Å²) < 4.78 is 10.6. The summed E-state index contributed by atoms with van der Waals surface area (Å²) in [6.07, 6.45) is 0.347. The van der Waals surface area contributed by atoms with Crippen LogP contribution < -0.4 is 0 Å². The summed E-state index contributed by atoms with van der Waals surface area (Å²) in [5, 5.41) is 19.8. The molecule has 4 atom stereocenters. The molecule has 0 amide bonds. The third kappa shape index (κ3) is 4.35. The van der Waals surface area contributed by atoms with Crippen molar-refractivity contribution in [2.24, 2.45) is 11.3 Å². The van der Waals surface area contributed by atoms with Crippen LogP contribution in [0.3, 0.4) is 0 Å². The first-order valence-electron chi connectivity index (χ1n) is 6.50. The molecule has 1 aliphatic rings. The number of rotatable bonds is 4. The van der Waals surface area contributed by atoms with Gasteiger partial charge in [0.05, 0.1) is 6.61 Å². The molecule has 4 heteroatoms. The molecule has 1 fully saturated rings. The number of hydrogen-bond donors (Lipinski definition) is 2. The highest BCUT2D eigenvalue weighted by Gasteiger charge is 2.35. The van der Waals surface area contributed by atoms with Crippen molar-refractivity contribution >= 4 is 0 Å². The number of ether oxygens (including phenoxy) is 2. The van der Waals surface area contributed by atoms with Crippen LogP contribution in [0.2, 0.25) is 0 Å². The van der Waals surface area contributed by atoms with Crippen molar-refractivity contribution in [1.29, 1.82) is 0 Å². The van der Waals surface area contributed by atoms with Crippen LogP contribution in [0.25, 0.3) is 0 Å². The molecule has 106 valence electrons. The van der Waals surface area contributed by atoms with Gasteiger partial charge < -0.3 is 19.7 Å². The van der Waals surface area contributed by atoms with Crippen LogP contribution in [0.4, 0.5) is 0 Å². The highest BCUT2D eigenvalue weighted by Crippen LogP contribution is 2.33. The topological polar surface area (TPSA) is 58.9 Å². The van der Waals surface area contributed by atoms with Crippen LogP contribution in [0.15, 0.2) is 11.6 Å². The Morgan fingerprint density at radius 1 is 1.39 bits per heavy atom. The molecule has 4 unspecified atom stereocenters. The van der Waals surface area contributed by atoms with E-state index in [9.17, 15) is 10.2 Å². The van der Waals surface area contributed by atoms with Gasteiger partial charge in [0.15, 0.2) is 12.6 Å². The fourth-order valence-electron chi connectivity index (χ4n) is 2.07. The zero-order chi connectivity index (χ0) is 13.9. The maximum absolute atomic E-state index is 10.2. The molecule has 0 spiro atoms. The SMILES string of the molecule is CC(C)=CC(C(O)OC1CCOC1O)C(C)(C)C. The van der Waals surface area contributed by atoms with Gasteiger partial charge in [0.25, 0.3) is 0 Å². The molecule has 1 saturated heterocycles. The summed E-state index contributed by atoms with van der Waals surface area (Å²) >= 11 is 0. The normalized spacial score (nSPS) is 27.9. The molecule has 18 heavy (non-hydrogen) atoms. The summed E-state index contributed by atoms with van der Waals surface area (Å²) in [7, 11) is 0. The Morgan fingerprint density at radius 2 is 2.00 bits per heavy atom. The van der Waals surface area contributed by atoms with Gasteiger partial charge in [0.2, 0.25) is 0 Å². The summed E-state index contributed by atoms with van der Waals surface area (Å²) in [6, 6.07) is 0. The predicted octanol–water partition coefficient (Wildman–Crippen LogP) is 2.06. The minimum atomic E-state index is -0.929. The van der Waals surface area contributed by atoms with E-state index in [4.69, 9.17) is 9.47 Å². The van der Waals surface area contributed by atoms with Gasteiger partial charge in [0, 0.05) is 12.3 Å². The zero-order valence-corrected chi connectivity index (χ0v) is 12.0. The summed E-state index contributed by atoms with van der Waals surface area (Å²) in [6.45, 7) is 10.7. The van der Waals surface area contributed by atoms with E-state index in [1.807, 2.05) is 19.9 Å². The van der Waals surface area contributed by atoms with Crippen LogP contribution >= 0.6 is 0 Å². The lowest BCUT2D eigenvalue weighted by atomic mass is 9.79. The smallest absolute Gasteiger partial charge is 0.181 e. The molecule has 2 N–H and O–H groups in total. The van der Waals surface area contributed by atoms with Crippen molar-refractivity contribution in [2.45, 2.75) is 59.7 Å². The van der Waals surface area contributed by atoms with Gasteiger partial charge in [-0.25, -0.2) is 0 Å². The van der Waals surface area contributed by atoms with Crippen LogP contribution in [-0.4, -0.2) is 35.5 Å². The van der Waals surface area contributed by atoms with Crippen LogP contribution in [0, 0.1) is 11.3 Å². The molecule has 0 radical (unpaired) electrons. The monoisotopic (exact) mass is 258 g/mol. The van der Waals surface area contributed by atoms with Crippen molar-refractivity contribution in [1.82, 2.24) is 0 Å². The third-order valence-electron chi connectivity index (χ3n) is 3.14. The van der Waals surface area contributed by atoms with E-state index in [1.165, 1.54) is 0 Å². The second kappa shape index (κ2) is 6.15. The summed E-state index contributed by atoms with van der Waals surface area (Å²) in [5.74, 6) is -0.115. The minimum absolute atomic E-state index is 0.110. The molecule has 1 rings (SSSR count). The standard InChI is InChI=1S/C14H26O4/c1-9(2)8-10(14(3,4)5)12(15)18-11-6-7-17-13(11)16/h8,10-13,15-16H,6-7H2,1-5H3. The van der Waals surface area contributed by atoms with Crippen LogP contribution in [-0.2, 0) is 9.47 Å². The molecule has 0 aromatic carbocycles. The molecule has 0 aliphatic carbocycles. The molecule has 0 aromatic heterocycles. The highest BCUT2D eigenvalue weighted by atomic mass is 16.7. The van der Waals surface area contributed by atoms with E-state index < -0.39 is 18.7 Å². The zero-order valence-electron chi connectivity index (χ0n) is 12.0. The van der Waals surface area contributed by atoms with Crippen molar-refractivity contribution in [3.05, 3.63) is 11.6 Å². The largest absolute Gasteiger partial charge is 0.367 e. The Hall–Kier alpha value is -0.420. The van der Waals surface area contributed by atoms with E-state index in [0.717, 1.165) is 5.57 Å². The Kier molecular flexibility index (Phi) is 5.34. The average Bonchev–Trinajstić information content (AvgIpc) is 2.59. The van der Waals surface area contributed by atoms with E-state index in [2.05, 4.69) is 20.8 Å². The van der Waals surface area contributed by atoms with Gasteiger partial charge in [-0.05, 0) is 19.3 Å². The van der Waals surface area contributed by atoms with Gasteiger partial charge >= 0.3 is 0 Å². The minimum Gasteiger partial charge on any atom is -0.367 e. The Balaban J connectivity index is 2.70. The van der Waals surface area contributed by atoms with E-state index >= 15 is 0 Å². The molecular weight excluding hydrogens is 232 g/mol. The lowest BCUT2D eigenvalue weighted by molar-refractivity contribution is -0.214. The lowest BCUT2D eigenvalue weighted by Gasteiger charge is -2.34.